The summed E-state index contributed by atoms with van der Waals surface area (Å²) in [5.41, 5.74) is 7.10. The Morgan fingerprint density at radius 1 is 1.11 bits per heavy atom. The maximum Gasteiger partial charge on any atom is 0.269 e. The Morgan fingerprint density at radius 3 is 2.57 bits per heavy atom. The number of anilines is 1. The molecule has 0 aliphatic heterocycles. The van der Waals surface area contributed by atoms with Crippen LogP contribution in [0.5, 0.6) is 0 Å². The summed E-state index contributed by atoms with van der Waals surface area (Å²) in [6, 6.07) is 17.8. The standard InChI is InChI=1S/C20H16N6O2/c1-14-19-18(23-22-13-15-7-9-17(10-8-15)26(27)28)11-12-21-20(19)25(24-14)16-5-3-2-4-6-16/h2-13H,1H3,(H,21,23). The zero-order chi connectivity index (χ0) is 19.5. The molecule has 8 heteroatoms. The fourth-order valence-corrected chi connectivity index (χ4v) is 2.92. The molecular formula is C20H16N6O2. The number of rotatable bonds is 5. The molecule has 0 aliphatic carbocycles. The topological polar surface area (TPSA) is 98.2 Å². The maximum absolute atomic E-state index is 10.7. The molecule has 0 radical (unpaired) electrons. The van der Waals surface area contributed by atoms with E-state index in [1.807, 2.05) is 43.3 Å². The minimum atomic E-state index is -0.431. The van der Waals surface area contributed by atoms with Crippen molar-refractivity contribution in [1.82, 2.24) is 14.8 Å². The quantitative estimate of drug-likeness (QED) is 0.323. The molecule has 0 spiro atoms. The molecule has 2 heterocycles. The van der Waals surface area contributed by atoms with Gasteiger partial charge in [-0.2, -0.15) is 10.2 Å². The number of pyridine rings is 1. The van der Waals surface area contributed by atoms with E-state index in [0.717, 1.165) is 33.7 Å². The van der Waals surface area contributed by atoms with Crippen LogP contribution in [-0.4, -0.2) is 25.9 Å². The van der Waals surface area contributed by atoms with Crippen LogP contribution >= 0.6 is 0 Å². The summed E-state index contributed by atoms with van der Waals surface area (Å²) in [5, 5.41) is 20.5. The number of hydrogen-bond donors (Lipinski definition) is 1. The molecule has 2 aromatic heterocycles. The molecule has 0 bridgehead atoms. The van der Waals surface area contributed by atoms with Crippen molar-refractivity contribution in [3.05, 3.63) is 88.2 Å². The zero-order valence-electron chi connectivity index (χ0n) is 15.0. The Hall–Kier alpha value is -4.07. The second-order valence-electron chi connectivity index (χ2n) is 6.11. The van der Waals surface area contributed by atoms with Crippen molar-refractivity contribution < 1.29 is 4.92 Å². The molecule has 0 saturated heterocycles. The normalized spacial score (nSPS) is 11.2. The van der Waals surface area contributed by atoms with Crippen molar-refractivity contribution in [2.45, 2.75) is 6.92 Å². The fourth-order valence-electron chi connectivity index (χ4n) is 2.92. The van der Waals surface area contributed by atoms with Crippen molar-refractivity contribution in [2.75, 3.05) is 5.43 Å². The number of fused-ring (bicyclic) bond motifs is 1. The van der Waals surface area contributed by atoms with Crippen LogP contribution in [0, 0.1) is 17.0 Å². The number of aromatic nitrogens is 3. The van der Waals surface area contributed by atoms with Gasteiger partial charge in [0.25, 0.3) is 5.69 Å². The van der Waals surface area contributed by atoms with Gasteiger partial charge in [0, 0.05) is 18.3 Å². The number of hydrazone groups is 1. The van der Waals surface area contributed by atoms with Crippen LogP contribution < -0.4 is 5.43 Å². The Labute approximate surface area is 160 Å². The number of non-ortho nitro benzene ring substituents is 1. The van der Waals surface area contributed by atoms with E-state index < -0.39 is 4.92 Å². The molecule has 4 rings (SSSR count). The summed E-state index contributed by atoms with van der Waals surface area (Å²) < 4.78 is 1.80. The predicted octanol–water partition coefficient (Wildman–Crippen LogP) is 4.08. The first-order valence-corrected chi connectivity index (χ1v) is 8.57. The smallest absolute Gasteiger partial charge is 0.269 e. The molecule has 2 aromatic carbocycles. The molecule has 8 nitrogen and oxygen atoms in total. The Morgan fingerprint density at radius 2 is 1.86 bits per heavy atom. The van der Waals surface area contributed by atoms with Crippen molar-refractivity contribution in [3.8, 4) is 5.69 Å². The van der Waals surface area contributed by atoms with E-state index in [4.69, 9.17) is 0 Å². The number of benzene rings is 2. The van der Waals surface area contributed by atoms with Crippen LogP contribution in [0.4, 0.5) is 11.4 Å². The lowest BCUT2D eigenvalue weighted by Crippen LogP contribution is -1.97. The van der Waals surface area contributed by atoms with E-state index >= 15 is 0 Å². The maximum atomic E-state index is 10.7. The third kappa shape index (κ3) is 3.30. The van der Waals surface area contributed by atoms with Gasteiger partial charge in [-0.3, -0.25) is 15.5 Å². The minimum absolute atomic E-state index is 0.0462. The zero-order valence-corrected chi connectivity index (χ0v) is 15.0. The highest BCUT2D eigenvalue weighted by molar-refractivity contribution is 5.92. The molecular weight excluding hydrogens is 356 g/mol. The first-order valence-electron chi connectivity index (χ1n) is 8.57. The summed E-state index contributed by atoms with van der Waals surface area (Å²) >= 11 is 0. The van der Waals surface area contributed by atoms with Crippen LogP contribution in [0.3, 0.4) is 0 Å². The van der Waals surface area contributed by atoms with Gasteiger partial charge in [0.2, 0.25) is 0 Å². The molecule has 0 amide bonds. The summed E-state index contributed by atoms with van der Waals surface area (Å²) in [7, 11) is 0. The first-order chi connectivity index (χ1) is 13.6. The van der Waals surface area contributed by atoms with Gasteiger partial charge in [0.15, 0.2) is 5.65 Å². The highest BCUT2D eigenvalue weighted by atomic mass is 16.6. The number of nitrogens with zero attached hydrogens (tertiary/aromatic N) is 5. The number of nitrogens with one attached hydrogen (secondary N) is 1. The Balaban J connectivity index is 1.63. The Kier molecular flexibility index (Phi) is 4.51. The van der Waals surface area contributed by atoms with Crippen LogP contribution in [0.1, 0.15) is 11.3 Å². The predicted molar refractivity (Wildman–Crippen MR) is 108 cm³/mol. The third-order valence-corrected chi connectivity index (χ3v) is 4.25. The van der Waals surface area contributed by atoms with E-state index in [0.29, 0.717) is 0 Å². The number of nitro groups is 1. The van der Waals surface area contributed by atoms with Gasteiger partial charge < -0.3 is 0 Å². The monoisotopic (exact) mass is 372 g/mol. The van der Waals surface area contributed by atoms with Gasteiger partial charge in [0.05, 0.1) is 33.6 Å². The van der Waals surface area contributed by atoms with Crippen LogP contribution in [0.2, 0.25) is 0 Å². The van der Waals surface area contributed by atoms with Gasteiger partial charge >= 0.3 is 0 Å². The van der Waals surface area contributed by atoms with Crippen LogP contribution in [0.15, 0.2) is 72.0 Å². The molecule has 0 unspecified atom stereocenters. The first kappa shape index (κ1) is 17.3. The fraction of sp³-hybridized carbons (Fsp3) is 0.0500. The van der Waals surface area contributed by atoms with Crippen molar-refractivity contribution in [1.29, 1.82) is 0 Å². The van der Waals surface area contributed by atoms with Crippen LogP contribution in [-0.2, 0) is 0 Å². The van der Waals surface area contributed by atoms with E-state index in [1.54, 1.807) is 29.2 Å². The second-order valence-corrected chi connectivity index (χ2v) is 6.11. The van der Waals surface area contributed by atoms with Crippen molar-refractivity contribution in [3.63, 3.8) is 0 Å². The van der Waals surface area contributed by atoms with Gasteiger partial charge in [0.1, 0.15) is 0 Å². The number of nitro benzene ring substituents is 1. The summed E-state index contributed by atoms with van der Waals surface area (Å²) in [4.78, 5) is 14.8. The van der Waals surface area contributed by atoms with Crippen molar-refractivity contribution >= 4 is 28.6 Å². The van der Waals surface area contributed by atoms with Gasteiger partial charge in [-0.05, 0) is 42.8 Å². The second kappa shape index (κ2) is 7.28. The lowest BCUT2D eigenvalue weighted by molar-refractivity contribution is -0.384. The molecule has 1 N–H and O–H groups in total. The third-order valence-electron chi connectivity index (χ3n) is 4.25. The largest absolute Gasteiger partial charge is 0.278 e. The molecule has 0 atom stereocenters. The van der Waals surface area contributed by atoms with Gasteiger partial charge in [-0.1, -0.05) is 18.2 Å². The molecule has 0 saturated carbocycles. The van der Waals surface area contributed by atoms with E-state index in [-0.39, 0.29) is 5.69 Å². The van der Waals surface area contributed by atoms with Gasteiger partial charge in [-0.15, -0.1) is 0 Å². The van der Waals surface area contributed by atoms with E-state index in [2.05, 4.69) is 20.6 Å². The molecule has 4 aromatic rings. The average Bonchev–Trinajstić information content (AvgIpc) is 3.07. The highest BCUT2D eigenvalue weighted by Gasteiger charge is 2.13. The summed E-state index contributed by atoms with van der Waals surface area (Å²) in [6.45, 7) is 1.93. The van der Waals surface area contributed by atoms with Crippen LogP contribution in [0.25, 0.3) is 16.7 Å². The Bertz CT molecular complexity index is 1170. The SMILES string of the molecule is Cc1nn(-c2ccccc2)c2nccc(NN=Cc3ccc([N+](=O)[O-])cc3)c12. The lowest BCUT2D eigenvalue weighted by Gasteiger charge is -2.04. The number of hydrogen-bond acceptors (Lipinski definition) is 6. The molecule has 0 fully saturated rings. The molecule has 0 aliphatic rings. The van der Waals surface area contributed by atoms with Crippen molar-refractivity contribution in [2.24, 2.45) is 5.10 Å². The van der Waals surface area contributed by atoms with E-state index in [1.165, 1.54) is 12.1 Å². The number of aryl methyl sites for hydroxylation is 1. The summed E-state index contributed by atoms with van der Waals surface area (Å²) in [6.07, 6.45) is 3.31. The lowest BCUT2D eigenvalue weighted by atomic mass is 10.2. The molecule has 138 valence electrons. The summed E-state index contributed by atoms with van der Waals surface area (Å²) in [5.74, 6) is 0. The number of para-hydroxylation sites is 1. The minimum Gasteiger partial charge on any atom is -0.278 e. The molecule has 28 heavy (non-hydrogen) atoms. The highest BCUT2D eigenvalue weighted by Crippen LogP contribution is 2.27. The van der Waals surface area contributed by atoms with E-state index in [9.17, 15) is 10.1 Å². The average molecular weight is 372 g/mol. The van der Waals surface area contributed by atoms with Gasteiger partial charge in [-0.25, -0.2) is 9.67 Å².